The summed E-state index contributed by atoms with van der Waals surface area (Å²) in [7, 11) is 0. The van der Waals surface area contributed by atoms with E-state index in [0.29, 0.717) is 71.8 Å². The summed E-state index contributed by atoms with van der Waals surface area (Å²) >= 11 is 0. The molecule has 8 aliphatic rings. The normalized spacial score (nSPS) is 46.0. The molecule has 6 saturated carbocycles. The van der Waals surface area contributed by atoms with E-state index in [4.69, 9.17) is 9.47 Å². The molecule has 0 spiro atoms. The molecule has 0 aliphatic heterocycles. The first-order valence-corrected chi connectivity index (χ1v) is 19.0. The van der Waals surface area contributed by atoms with E-state index in [1.54, 1.807) is 0 Å². The minimum absolute atomic E-state index is 0.0121. The number of hydrogen-bond acceptors (Lipinski definition) is 6. The number of ketones is 2. The first kappa shape index (κ1) is 31.1. The maximum Gasteiger partial charge on any atom is 0.306 e. The molecule has 250 valence electrons. The Balaban J connectivity index is 0.835. The number of carbonyl (C=O) groups is 4. The summed E-state index contributed by atoms with van der Waals surface area (Å²) in [5.41, 5.74) is 2.84. The summed E-state index contributed by atoms with van der Waals surface area (Å²) in [6.07, 6.45) is 20.4. The Bertz CT molecular complexity index is 1260. The number of rotatable bonds is 5. The van der Waals surface area contributed by atoms with Gasteiger partial charge in [0.1, 0.15) is 12.2 Å². The van der Waals surface area contributed by atoms with E-state index in [1.807, 2.05) is 12.2 Å². The van der Waals surface area contributed by atoms with Crippen LogP contribution >= 0.6 is 0 Å². The molecule has 0 saturated heterocycles. The lowest BCUT2D eigenvalue weighted by Gasteiger charge is -2.53. The maximum absolute atomic E-state index is 13.1. The minimum atomic E-state index is -0.251. The monoisotopic (exact) mass is 630 g/mol. The summed E-state index contributed by atoms with van der Waals surface area (Å²) < 4.78 is 12.4. The molecule has 0 amide bonds. The highest BCUT2D eigenvalue weighted by atomic mass is 16.6. The molecule has 0 aromatic rings. The summed E-state index contributed by atoms with van der Waals surface area (Å²) in [5.74, 6) is 5.11. The van der Waals surface area contributed by atoms with Crippen LogP contribution in [0.15, 0.2) is 23.3 Å². The molecule has 12 atom stereocenters. The van der Waals surface area contributed by atoms with Gasteiger partial charge in [0.2, 0.25) is 0 Å². The van der Waals surface area contributed by atoms with Crippen molar-refractivity contribution in [2.75, 3.05) is 0 Å². The van der Waals surface area contributed by atoms with Crippen LogP contribution in [0.1, 0.15) is 129 Å². The summed E-state index contributed by atoms with van der Waals surface area (Å²) in [5, 5.41) is 0. The van der Waals surface area contributed by atoms with E-state index >= 15 is 0 Å². The second-order valence-corrected chi connectivity index (χ2v) is 17.3. The van der Waals surface area contributed by atoms with Crippen molar-refractivity contribution in [3.63, 3.8) is 0 Å². The van der Waals surface area contributed by atoms with Gasteiger partial charge in [0.15, 0.2) is 11.6 Å². The first-order chi connectivity index (χ1) is 22.1. The van der Waals surface area contributed by atoms with Crippen molar-refractivity contribution in [3.8, 4) is 0 Å². The van der Waals surface area contributed by atoms with Crippen molar-refractivity contribution >= 4 is 23.5 Å². The van der Waals surface area contributed by atoms with Gasteiger partial charge in [-0.2, -0.15) is 0 Å². The molecule has 0 heterocycles. The van der Waals surface area contributed by atoms with Crippen molar-refractivity contribution in [3.05, 3.63) is 23.3 Å². The second kappa shape index (κ2) is 11.7. The second-order valence-electron chi connectivity index (χ2n) is 17.3. The van der Waals surface area contributed by atoms with Crippen LogP contribution in [0.5, 0.6) is 0 Å². The Hall–Kier alpha value is -2.24. The third kappa shape index (κ3) is 5.09. The number of fused-ring (bicyclic) bond motifs is 10. The van der Waals surface area contributed by atoms with Crippen LogP contribution < -0.4 is 0 Å². The predicted molar refractivity (Wildman–Crippen MR) is 173 cm³/mol. The largest absolute Gasteiger partial charge is 0.462 e. The number of allylic oxidation sites excluding steroid dienone is 2. The molecule has 8 aliphatic carbocycles. The van der Waals surface area contributed by atoms with Gasteiger partial charge in [0, 0.05) is 23.7 Å². The van der Waals surface area contributed by atoms with Gasteiger partial charge in [-0.05, 0) is 149 Å². The van der Waals surface area contributed by atoms with Crippen molar-refractivity contribution in [1.29, 1.82) is 0 Å². The lowest BCUT2D eigenvalue weighted by Crippen LogP contribution is -2.48. The topological polar surface area (TPSA) is 86.7 Å². The van der Waals surface area contributed by atoms with Gasteiger partial charge in [-0.25, -0.2) is 0 Å². The van der Waals surface area contributed by atoms with Gasteiger partial charge >= 0.3 is 11.9 Å². The Morgan fingerprint density at radius 2 is 1.02 bits per heavy atom. The van der Waals surface area contributed by atoms with E-state index in [2.05, 4.69) is 13.8 Å². The summed E-state index contributed by atoms with van der Waals surface area (Å²) in [6, 6.07) is 0. The third-order valence-electron chi connectivity index (χ3n) is 15.5. The lowest BCUT2D eigenvalue weighted by molar-refractivity contribution is -0.165. The quantitative estimate of drug-likeness (QED) is 0.287. The average molecular weight is 631 g/mol. The highest BCUT2D eigenvalue weighted by Gasteiger charge is 2.59. The van der Waals surface area contributed by atoms with Gasteiger partial charge in [0.25, 0.3) is 0 Å². The van der Waals surface area contributed by atoms with E-state index in [9.17, 15) is 19.2 Å². The van der Waals surface area contributed by atoms with E-state index in [1.165, 1.54) is 11.1 Å². The summed E-state index contributed by atoms with van der Waals surface area (Å²) in [4.78, 5) is 50.4. The highest BCUT2D eigenvalue weighted by Crippen LogP contribution is 2.64. The smallest absolute Gasteiger partial charge is 0.306 e. The average Bonchev–Trinajstić information content (AvgIpc) is 3.55. The number of carbonyl (C=O) groups excluding carboxylic acids is 4. The molecule has 0 aromatic carbocycles. The van der Waals surface area contributed by atoms with Crippen LogP contribution in [-0.4, -0.2) is 35.7 Å². The van der Waals surface area contributed by atoms with Crippen LogP contribution in [0.4, 0.5) is 0 Å². The van der Waals surface area contributed by atoms with Crippen molar-refractivity contribution in [2.24, 2.45) is 58.2 Å². The van der Waals surface area contributed by atoms with Crippen molar-refractivity contribution in [2.45, 2.75) is 142 Å². The fraction of sp³-hybridized carbons (Fsp3) is 0.800. The zero-order chi connectivity index (χ0) is 31.8. The molecule has 0 bridgehead atoms. The van der Waals surface area contributed by atoms with Crippen LogP contribution in [0.2, 0.25) is 0 Å². The minimum Gasteiger partial charge on any atom is -0.462 e. The predicted octanol–water partition coefficient (Wildman–Crippen LogP) is 7.87. The van der Waals surface area contributed by atoms with Crippen LogP contribution in [-0.2, 0) is 28.7 Å². The van der Waals surface area contributed by atoms with Crippen molar-refractivity contribution in [1.82, 2.24) is 0 Å². The molecule has 0 aromatic heterocycles. The summed E-state index contributed by atoms with van der Waals surface area (Å²) in [6.45, 7) is 4.71. The van der Waals surface area contributed by atoms with Crippen LogP contribution in [0.3, 0.4) is 0 Å². The number of esters is 2. The fourth-order valence-electron chi connectivity index (χ4n) is 13.3. The van der Waals surface area contributed by atoms with Gasteiger partial charge in [-0.3, -0.25) is 19.2 Å². The molecule has 0 radical (unpaired) electrons. The Morgan fingerprint density at radius 1 is 0.587 bits per heavy atom. The molecule has 8 rings (SSSR count). The van der Waals surface area contributed by atoms with Gasteiger partial charge < -0.3 is 9.47 Å². The molecular formula is C40H54O6. The molecular weight excluding hydrogens is 576 g/mol. The van der Waals surface area contributed by atoms with Gasteiger partial charge in [-0.15, -0.1) is 0 Å². The Labute approximate surface area is 274 Å². The molecule has 6 nitrogen and oxygen atoms in total. The van der Waals surface area contributed by atoms with Gasteiger partial charge in [-0.1, -0.05) is 25.0 Å². The van der Waals surface area contributed by atoms with Crippen LogP contribution in [0, 0.1) is 58.2 Å². The first-order valence-electron chi connectivity index (χ1n) is 19.0. The maximum atomic E-state index is 13.1. The highest BCUT2D eigenvalue weighted by molar-refractivity contribution is 5.91. The SMILES string of the molecule is CC12CCC3C4CCC(=O)C=C4CCC3C1CCC2OC(=O)CCC(=O)OC1CCC2C3CCC4=CC(=O)CCC4C3CCC12C. The molecule has 12 unspecified atom stereocenters. The van der Waals surface area contributed by atoms with Crippen LogP contribution in [0.25, 0.3) is 0 Å². The zero-order valence-electron chi connectivity index (χ0n) is 28.1. The lowest BCUT2D eigenvalue weighted by atomic mass is 9.52. The Morgan fingerprint density at radius 3 is 1.46 bits per heavy atom. The van der Waals surface area contributed by atoms with Crippen molar-refractivity contribution < 1.29 is 28.7 Å². The van der Waals surface area contributed by atoms with E-state index < -0.39 is 0 Å². The number of ether oxygens (including phenoxy) is 2. The zero-order valence-corrected chi connectivity index (χ0v) is 28.1. The fourth-order valence-corrected chi connectivity index (χ4v) is 13.3. The molecule has 0 N–H and O–H groups in total. The number of hydrogen-bond donors (Lipinski definition) is 0. The van der Waals surface area contributed by atoms with Gasteiger partial charge in [0.05, 0.1) is 12.8 Å². The molecule has 6 heteroatoms. The van der Waals surface area contributed by atoms with E-state index in [0.717, 1.165) is 89.9 Å². The molecule has 6 fully saturated rings. The standard InChI is InChI=1S/C40H54O6/c1-39-19-17-29-27-9-5-25(41)21-23(27)3-7-31(29)33(39)11-13-35(39)45-37(43)15-16-38(44)46-36-14-12-34-32-8-4-24-22-26(42)6-10-28(24)30(32)18-20-40(34,36)2/h21-22,27-36H,3-20H2,1-2H3. The Kier molecular flexibility index (Phi) is 7.91. The molecule has 46 heavy (non-hydrogen) atoms. The third-order valence-corrected chi connectivity index (χ3v) is 15.5. The van der Waals surface area contributed by atoms with E-state index in [-0.39, 0.29) is 47.8 Å².